The molecule has 0 amide bonds. The maximum absolute atomic E-state index is 13.4. The molecule has 0 radical (unpaired) electrons. The van der Waals surface area contributed by atoms with Crippen LogP contribution in [0.2, 0.25) is 5.02 Å². The highest BCUT2D eigenvalue weighted by Crippen LogP contribution is 2.31. The molecule has 0 spiro atoms. The van der Waals surface area contributed by atoms with Gasteiger partial charge in [-0.1, -0.05) is 48.0 Å². The van der Waals surface area contributed by atoms with E-state index in [1.165, 1.54) is 12.1 Å². The second kappa shape index (κ2) is 8.31. The van der Waals surface area contributed by atoms with E-state index in [-0.39, 0.29) is 16.5 Å². The Hall–Kier alpha value is -3.41. The monoisotopic (exact) mass is 427 g/mol. The summed E-state index contributed by atoms with van der Waals surface area (Å²) in [5, 5.41) is 20.4. The fourth-order valence-corrected chi connectivity index (χ4v) is 4.40. The average molecular weight is 428 g/mol. The SMILES string of the molecule is N#Cc1ccccc1CN(c1ccccc1)S(=O)(=O)c1ccc(Cl)c([N+](=O)[O-])c1. The minimum absolute atomic E-state index is 0.119. The molecule has 146 valence electrons. The summed E-state index contributed by atoms with van der Waals surface area (Å²) < 4.78 is 27.9. The highest BCUT2D eigenvalue weighted by Gasteiger charge is 2.28. The van der Waals surface area contributed by atoms with Crippen LogP contribution in [0.15, 0.2) is 77.7 Å². The minimum Gasteiger partial charge on any atom is -0.262 e. The second-order valence-electron chi connectivity index (χ2n) is 5.99. The van der Waals surface area contributed by atoms with Crippen LogP contribution in [0.1, 0.15) is 11.1 Å². The van der Waals surface area contributed by atoms with E-state index in [0.717, 1.165) is 10.4 Å². The van der Waals surface area contributed by atoms with Crippen molar-refractivity contribution >= 4 is 33.0 Å². The topological polar surface area (TPSA) is 104 Å². The van der Waals surface area contributed by atoms with Gasteiger partial charge in [0.15, 0.2) is 0 Å². The van der Waals surface area contributed by atoms with Crippen LogP contribution in [0.5, 0.6) is 0 Å². The van der Waals surface area contributed by atoms with Crippen LogP contribution in [0.25, 0.3) is 0 Å². The summed E-state index contributed by atoms with van der Waals surface area (Å²) in [4.78, 5) is 10.2. The highest BCUT2D eigenvalue weighted by atomic mass is 35.5. The van der Waals surface area contributed by atoms with Crippen LogP contribution in [-0.4, -0.2) is 13.3 Å². The first-order valence-electron chi connectivity index (χ1n) is 8.34. The Labute approximate surface area is 172 Å². The molecule has 9 heteroatoms. The number of para-hydroxylation sites is 1. The van der Waals surface area contributed by atoms with Crippen LogP contribution in [0.4, 0.5) is 11.4 Å². The molecule has 3 rings (SSSR count). The van der Waals surface area contributed by atoms with E-state index in [4.69, 9.17) is 11.6 Å². The molecule has 3 aromatic carbocycles. The maximum atomic E-state index is 13.4. The van der Waals surface area contributed by atoms with Gasteiger partial charge in [-0.25, -0.2) is 8.42 Å². The van der Waals surface area contributed by atoms with Gasteiger partial charge in [-0.3, -0.25) is 14.4 Å². The summed E-state index contributed by atoms with van der Waals surface area (Å²) in [6.07, 6.45) is 0. The summed E-state index contributed by atoms with van der Waals surface area (Å²) in [6, 6.07) is 20.3. The third-order valence-corrected chi connectivity index (χ3v) is 6.29. The molecule has 0 aliphatic carbocycles. The Morgan fingerprint density at radius 3 is 2.34 bits per heavy atom. The van der Waals surface area contributed by atoms with Crippen molar-refractivity contribution in [3.05, 3.63) is 99.1 Å². The van der Waals surface area contributed by atoms with Crippen LogP contribution < -0.4 is 4.31 Å². The fourth-order valence-electron chi connectivity index (χ4n) is 2.75. The third-order valence-electron chi connectivity index (χ3n) is 4.20. The van der Waals surface area contributed by atoms with E-state index in [2.05, 4.69) is 0 Å². The van der Waals surface area contributed by atoms with Crippen molar-refractivity contribution in [3.63, 3.8) is 0 Å². The van der Waals surface area contributed by atoms with Gasteiger partial charge in [-0.05, 0) is 35.9 Å². The molecule has 7 nitrogen and oxygen atoms in total. The lowest BCUT2D eigenvalue weighted by Crippen LogP contribution is -2.31. The van der Waals surface area contributed by atoms with Crippen molar-refractivity contribution in [1.82, 2.24) is 0 Å². The zero-order chi connectivity index (χ0) is 21.0. The maximum Gasteiger partial charge on any atom is 0.289 e. The van der Waals surface area contributed by atoms with Gasteiger partial charge in [0, 0.05) is 6.07 Å². The summed E-state index contributed by atoms with van der Waals surface area (Å²) in [5.41, 5.74) is 0.702. The minimum atomic E-state index is -4.19. The van der Waals surface area contributed by atoms with Gasteiger partial charge in [-0.2, -0.15) is 5.26 Å². The lowest BCUT2D eigenvalue weighted by molar-refractivity contribution is -0.384. The zero-order valence-electron chi connectivity index (χ0n) is 14.9. The van der Waals surface area contributed by atoms with Gasteiger partial charge >= 0.3 is 0 Å². The van der Waals surface area contributed by atoms with E-state index in [1.54, 1.807) is 54.6 Å². The molecule has 0 aromatic heterocycles. The molecule has 0 aliphatic rings. The average Bonchev–Trinajstić information content (AvgIpc) is 2.72. The van der Waals surface area contributed by atoms with Gasteiger partial charge in [-0.15, -0.1) is 0 Å². The van der Waals surface area contributed by atoms with Crippen molar-refractivity contribution in [2.24, 2.45) is 0 Å². The van der Waals surface area contributed by atoms with Gasteiger partial charge in [0.25, 0.3) is 15.7 Å². The lowest BCUT2D eigenvalue weighted by Gasteiger charge is -2.25. The Bertz CT molecular complexity index is 1210. The predicted molar refractivity (Wildman–Crippen MR) is 109 cm³/mol. The number of nitro benzene ring substituents is 1. The van der Waals surface area contributed by atoms with Gasteiger partial charge in [0.05, 0.1) is 33.7 Å². The largest absolute Gasteiger partial charge is 0.289 e. The number of benzene rings is 3. The number of halogens is 1. The van der Waals surface area contributed by atoms with Gasteiger partial charge in [0.2, 0.25) is 0 Å². The Morgan fingerprint density at radius 2 is 1.69 bits per heavy atom. The molecule has 0 N–H and O–H groups in total. The van der Waals surface area contributed by atoms with Crippen LogP contribution in [0, 0.1) is 21.4 Å². The van der Waals surface area contributed by atoms with E-state index >= 15 is 0 Å². The molecule has 0 saturated carbocycles. The van der Waals surface area contributed by atoms with Crippen LogP contribution >= 0.6 is 11.6 Å². The lowest BCUT2D eigenvalue weighted by atomic mass is 10.1. The number of hydrogen-bond acceptors (Lipinski definition) is 5. The third kappa shape index (κ3) is 4.21. The van der Waals surface area contributed by atoms with Crippen molar-refractivity contribution in [2.75, 3.05) is 4.31 Å². The Kier molecular flexibility index (Phi) is 5.82. The summed E-state index contributed by atoms with van der Waals surface area (Å²) in [5.74, 6) is 0. The number of nitrogens with zero attached hydrogens (tertiary/aromatic N) is 3. The second-order valence-corrected chi connectivity index (χ2v) is 8.26. The molecule has 0 saturated heterocycles. The standard InChI is InChI=1S/C20H14ClN3O4S/c21-19-11-10-18(12-20(19)24(25)26)29(27,28)23(17-8-2-1-3-9-17)14-16-7-5-4-6-15(16)13-22/h1-12H,14H2. The first kappa shape index (κ1) is 20.3. The first-order chi connectivity index (χ1) is 13.8. The number of anilines is 1. The molecule has 0 bridgehead atoms. The predicted octanol–water partition coefficient (Wildman–Crippen LogP) is 4.52. The molecule has 0 atom stereocenters. The van der Waals surface area contributed by atoms with Gasteiger partial charge in [0.1, 0.15) is 5.02 Å². The molecule has 0 aliphatic heterocycles. The van der Waals surface area contributed by atoms with E-state index in [1.807, 2.05) is 6.07 Å². The Balaban J connectivity index is 2.15. The molecule has 29 heavy (non-hydrogen) atoms. The quantitative estimate of drug-likeness (QED) is 0.425. The van der Waals surface area contributed by atoms with Crippen molar-refractivity contribution < 1.29 is 13.3 Å². The number of sulfonamides is 1. The fraction of sp³-hybridized carbons (Fsp3) is 0.0500. The zero-order valence-corrected chi connectivity index (χ0v) is 16.5. The summed E-state index contributed by atoms with van der Waals surface area (Å²) >= 11 is 5.82. The number of hydrogen-bond donors (Lipinski definition) is 0. The van der Waals surface area contributed by atoms with E-state index in [9.17, 15) is 23.8 Å². The van der Waals surface area contributed by atoms with Crippen LogP contribution in [-0.2, 0) is 16.6 Å². The van der Waals surface area contributed by atoms with Crippen molar-refractivity contribution in [1.29, 1.82) is 5.26 Å². The highest BCUT2D eigenvalue weighted by molar-refractivity contribution is 7.92. The summed E-state index contributed by atoms with van der Waals surface area (Å²) in [7, 11) is -4.19. The molecular weight excluding hydrogens is 414 g/mol. The normalized spacial score (nSPS) is 10.9. The molecule has 0 heterocycles. The first-order valence-corrected chi connectivity index (χ1v) is 10.2. The molecule has 3 aromatic rings. The van der Waals surface area contributed by atoms with E-state index in [0.29, 0.717) is 16.8 Å². The smallest absolute Gasteiger partial charge is 0.262 e. The molecule has 0 unspecified atom stereocenters. The van der Waals surface area contributed by atoms with Crippen LogP contribution in [0.3, 0.4) is 0 Å². The van der Waals surface area contributed by atoms with E-state index < -0.39 is 20.6 Å². The number of nitro groups is 1. The van der Waals surface area contributed by atoms with Crippen molar-refractivity contribution in [2.45, 2.75) is 11.4 Å². The van der Waals surface area contributed by atoms with Gasteiger partial charge < -0.3 is 0 Å². The molecular formula is C20H14ClN3O4S. The Morgan fingerprint density at radius 1 is 1.03 bits per heavy atom. The van der Waals surface area contributed by atoms with Crippen molar-refractivity contribution in [3.8, 4) is 6.07 Å². The molecule has 0 fully saturated rings. The number of nitriles is 1. The number of rotatable bonds is 6. The summed E-state index contributed by atoms with van der Waals surface area (Å²) in [6.45, 7) is -0.119.